The molecule has 0 aliphatic rings. The molecule has 0 atom stereocenters. The van der Waals surface area contributed by atoms with Crippen LogP contribution in [0.1, 0.15) is 0 Å². The van der Waals surface area contributed by atoms with Gasteiger partial charge in [-0.3, -0.25) is 0 Å². The van der Waals surface area contributed by atoms with E-state index < -0.39 is 0 Å². The van der Waals surface area contributed by atoms with Gasteiger partial charge >= 0.3 is 24.0 Å². The Balaban J connectivity index is -0.00000000667. The summed E-state index contributed by atoms with van der Waals surface area (Å²) >= 11 is -0.188. The SMILES string of the molecule is [Fe].[Mn].[Ni].[OH][Cu][OH]. The van der Waals surface area contributed by atoms with Crippen molar-refractivity contribution in [2.75, 3.05) is 0 Å². The molecule has 6 heavy (non-hydrogen) atoms. The van der Waals surface area contributed by atoms with Crippen LogP contribution in [0.25, 0.3) is 0 Å². The fourth-order valence-electron chi connectivity index (χ4n) is 0. The fraction of sp³-hybridized carbons (Fsp3) is 0. The van der Waals surface area contributed by atoms with Crippen LogP contribution in [0.5, 0.6) is 0 Å². The van der Waals surface area contributed by atoms with Gasteiger partial charge < -0.3 is 0 Å². The molecular weight excluding hydrogens is 265 g/mol. The first-order valence-corrected chi connectivity index (χ1v) is 1.11. The Morgan fingerprint density at radius 2 is 1.17 bits per heavy atom. The Bertz CT molecular complexity index is 13.5. The van der Waals surface area contributed by atoms with Crippen molar-refractivity contribution in [3.05, 3.63) is 0 Å². The van der Waals surface area contributed by atoms with E-state index in [1.807, 2.05) is 0 Å². The molecule has 0 aliphatic carbocycles. The second-order valence-electron chi connectivity index (χ2n) is 0.0603. The minimum atomic E-state index is -0.188. The Labute approximate surface area is 74.1 Å². The summed E-state index contributed by atoms with van der Waals surface area (Å²) in [6, 6.07) is 0. The van der Waals surface area contributed by atoms with Crippen molar-refractivity contribution in [1.29, 1.82) is 0 Å². The molecule has 2 nitrogen and oxygen atoms in total. The van der Waals surface area contributed by atoms with E-state index in [4.69, 9.17) is 8.38 Å². The number of hydrogen-bond acceptors (Lipinski definition) is 2. The van der Waals surface area contributed by atoms with Gasteiger partial charge in [-0.05, 0) is 0 Å². The van der Waals surface area contributed by atoms with Crippen LogP contribution in [-0.4, -0.2) is 8.38 Å². The van der Waals surface area contributed by atoms with Gasteiger partial charge in [-0.2, -0.15) is 0 Å². The first kappa shape index (κ1) is 24.6. The summed E-state index contributed by atoms with van der Waals surface area (Å²) in [5.74, 6) is 0. The van der Waals surface area contributed by atoms with Gasteiger partial charge in [0.05, 0.1) is 0 Å². The van der Waals surface area contributed by atoms with E-state index in [1.165, 1.54) is 0 Å². The van der Waals surface area contributed by atoms with Crippen LogP contribution < -0.4 is 0 Å². The Hall–Kier alpha value is 1.97. The average Bonchev–Trinajstić information content (AvgIpc) is 0.918. The van der Waals surface area contributed by atoms with E-state index in [0.29, 0.717) is 0 Å². The Morgan fingerprint density at radius 1 is 1.17 bits per heavy atom. The van der Waals surface area contributed by atoms with Gasteiger partial charge in [0.1, 0.15) is 0 Å². The summed E-state index contributed by atoms with van der Waals surface area (Å²) in [6.07, 6.45) is 0. The Morgan fingerprint density at radius 3 is 1.17 bits per heavy atom. The fourth-order valence-corrected chi connectivity index (χ4v) is 0. The zero-order valence-electron chi connectivity index (χ0n) is 2.24. The van der Waals surface area contributed by atoms with Gasteiger partial charge in [0.15, 0.2) is 0 Å². The summed E-state index contributed by atoms with van der Waals surface area (Å²) in [7, 11) is 0. The molecular formula is H2CuFeMnNiO2. The van der Waals surface area contributed by atoms with E-state index in [1.54, 1.807) is 0 Å². The van der Waals surface area contributed by atoms with E-state index >= 15 is 0 Å². The quantitative estimate of drug-likeness (QED) is 0.546. The third kappa shape index (κ3) is 38.0. The molecule has 0 aromatic rings. The van der Waals surface area contributed by atoms with Crippen molar-refractivity contribution in [2.45, 2.75) is 0 Å². The third-order valence-electron chi connectivity index (χ3n) is 0. The topological polar surface area (TPSA) is 40.5 Å². The van der Waals surface area contributed by atoms with Crippen molar-refractivity contribution < 1.29 is 74.6 Å². The van der Waals surface area contributed by atoms with Crippen molar-refractivity contribution in [3.63, 3.8) is 0 Å². The molecule has 50 valence electrons. The first-order chi connectivity index (χ1) is 1.41. The molecule has 6 heteroatoms. The summed E-state index contributed by atoms with van der Waals surface area (Å²) in [6.45, 7) is 0. The molecule has 0 fully saturated rings. The van der Waals surface area contributed by atoms with Gasteiger partial charge in [-0.1, -0.05) is 0 Å². The summed E-state index contributed by atoms with van der Waals surface area (Å²) in [5, 5.41) is 0. The van der Waals surface area contributed by atoms with Crippen molar-refractivity contribution in [3.8, 4) is 0 Å². The zero-order valence-corrected chi connectivity index (χ0v) is 6.46. The van der Waals surface area contributed by atoms with Crippen LogP contribution in [-0.2, 0) is 66.2 Å². The van der Waals surface area contributed by atoms with Gasteiger partial charge in [0, 0.05) is 50.6 Å². The molecule has 2 N–H and O–H groups in total. The van der Waals surface area contributed by atoms with Gasteiger partial charge in [-0.25, -0.2) is 0 Å². The Kier molecular flexibility index (Phi) is 115. The molecule has 1 radical (unpaired) electrons. The van der Waals surface area contributed by atoms with Crippen molar-refractivity contribution in [2.24, 2.45) is 0 Å². The molecule has 0 heterocycles. The molecule has 0 aliphatic heterocycles. The summed E-state index contributed by atoms with van der Waals surface area (Å²) in [5.41, 5.74) is 0. The second-order valence-corrected chi connectivity index (χ2v) is 0.249. The van der Waals surface area contributed by atoms with Crippen LogP contribution in [0.4, 0.5) is 0 Å². The maximum atomic E-state index is 7.03. The van der Waals surface area contributed by atoms with Crippen LogP contribution in [0.3, 0.4) is 0 Å². The molecule has 0 saturated carbocycles. The first-order valence-electron chi connectivity index (χ1n) is 0.270. The van der Waals surface area contributed by atoms with E-state index in [2.05, 4.69) is 0 Å². The molecule has 0 aromatic heterocycles. The molecule has 0 bridgehead atoms. The monoisotopic (exact) mass is 266 g/mol. The third-order valence-corrected chi connectivity index (χ3v) is 0. The molecule has 0 amide bonds. The standard InChI is InChI=1S/Cu.Fe.Mn.Ni.2H2O/h;;;;2*1H2/q+2;;;;;/p-2. The predicted molar refractivity (Wildman–Crippen MR) is 4.44 cm³/mol. The van der Waals surface area contributed by atoms with Crippen LogP contribution in [0.15, 0.2) is 0 Å². The van der Waals surface area contributed by atoms with Crippen molar-refractivity contribution >= 4 is 0 Å². The molecule has 0 rings (SSSR count). The van der Waals surface area contributed by atoms with Crippen molar-refractivity contribution in [1.82, 2.24) is 0 Å². The van der Waals surface area contributed by atoms with Crippen LogP contribution in [0, 0.1) is 0 Å². The molecule has 0 spiro atoms. The van der Waals surface area contributed by atoms with Gasteiger partial charge in [-0.15, -0.1) is 0 Å². The van der Waals surface area contributed by atoms with Gasteiger partial charge in [0.25, 0.3) is 0 Å². The number of hydrogen-bond donors (Lipinski definition) is 2. The van der Waals surface area contributed by atoms with E-state index in [0.717, 1.165) is 0 Å². The maximum absolute atomic E-state index is 7.03. The normalized spacial score (nSPS) is 3.67. The molecule has 0 unspecified atom stereocenters. The van der Waals surface area contributed by atoms with Crippen LogP contribution in [0.2, 0.25) is 0 Å². The van der Waals surface area contributed by atoms with Crippen LogP contribution >= 0.6 is 0 Å². The number of rotatable bonds is 0. The molecule has 0 aromatic carbocycles. The second kappa shape index (κ2) is 28.2. The van der Waals surface area contributed by atoms with E-state index in [9.17, 15) is 0 Å². The molecule has 0 saturated heterocycles. The summed E-state index contributed by atoms with van der Waals surface area (Å²) < 4.78 is 14.1. The van der Waals surface area contributed by atoms with Gasteiger partial charge in [0.2, 0.25) is 0 Å². The average molecular weight is 267 g/mol. The summed E-state index contributed by atoms with van der Waals surface area (Å²) in [4.78, 5) is 0. The minimum absolute atomic E-state index is 0. The van der Waals surface area contributed by atoms with E-state index in [-0.39, 0.29) is 66.2 Å². The predicted octanol–water partition coefficient (Wildman–Crippen LogP) is -1.12. The zero-order chi connectivity index (χ0) is 2.71.